The largest absolute Gasteiger partial charge is 0.491 e. The summed E-state index contributed by atoms with van der Waals surface area (Å²) in [5.41, 5.74) is -5.01. The number of benzene rings is 1. The van der Waals surface area contributed by atoms with Crippen LogP contribution in [0.3, 0.4) is 0 Å². The van der Waals surface area contributed by atoms with Crippen LogP contribution in [0, 0.1) is 0 Å². The Morgan fingerprint density at radius 2 is 1.75 bits per heavy atom. The van der Waals surface area contributed by atoms with Crippen molar-refractivity contribution >= 4 is 22.4 Å². The highest BCUT2D eigenvalue weighted by Crippen LogP contribution is 2.78. The molecule has 0 bridgehead atoms. The van der Waals surface area contributed by atoms with Crippen molar-refractivity contribution < 1.29 is 35.3 Å². The minimum absolute atomic E-state index is 0.0921. The van der Waals surface area contributed by atoms with E-state index in [2.05, 4.69) is 4.18 Å². The summed E-state index contributed by atoms with van der Waals surface area (Å²) >= 11 is 0. The summed E-state index contributed by atoms with van der Waals surface area (Å²) in [6.07, 6.45) is -3.51. The van der Waals surface area contributed by atoms with Gasteiger partial charge in [0.25, 0.3) is 0 Å². The molecule has 0 saturated carbocycles. The van der Waals surface area contributed by atoms with Crippen LogP contribution in [0.25, 0.3) is 6.08 Å². The molecule has 134 valence electrons. The molecular formula is C15H14F6O2S. The van der Waals surface area contributed by atoms with E-state index in [0.717, 1.165) is 6.07 Å². The smallest absolute Gasteiger partial charge is 0.392 e. The van der Waals surface area contributed by atoms with Crippen LogP contribution in [-0.2, 0) is 8.98 Å². The predicted molar refractivity (Wildman–Crippen MR) is 78.0 cm³/mol. The Balaban J connectivity index is 2.61. The zero-order valence-electron chi connectivity index (χ0n) is 12.5. The maximum Gasteiger partial charge on any atom is 0.491 e. The maximum absolute atomic E-state index is 13.9. The molecule has 24 heavy (non-hydrogen) atoms. The quantitative estimate of drug-likeness (QED) is 0.612. The summed E-state index contributed by atoms with van der Waals surface area (Å²) in [6.45, 7) is 1.75. The highest BCUT2D eigenvalue weighted by molar-refractivity contribution is 8.34. The van der Waals surface area contributed by atoms with E-state index < -0.39 is 32.9 Å². The van der Waals surface area contributed by atoms with Gasteiger partial charge in [0.05, 0.1) is 10.3 Å². The van der Waals surface area contributed by atoms with Crippen LogP contribution in [-0.4, -0.2) is 17.7 Å². The van der Waals surface area contributed by atoms with Gasteiger partial charge in [-0.15, -0.1) is 0 Å². The first-order valence-corrected chi connectivity index (χ1v) is 8.59. The fraction of sp³-hybridized carbons (Fsp3) is 0.400. The molecule has 1 heterocycles. The molecule has 1 aromatic rings. The number of carbonyl (C=O) groups excluding carboxylic acids is 1. The van der Waals surface area contributed by atoms with E-state index in [1.165, 1.54) is 24.3 Å². The Morgan fingerprint density at radius 3 is 2.29 bits per heavy atom. The molecule has 1 atom stereocenters. The lowest BCUT2D eigenvalue weighted by atomic mass is 10.2. The summed E-state index contributed by atoms with van der Waals surface area (Å²) in [5, 5.41) is 0. The topological polar surface area (TPSA) is 26.3 Å². The number of unbranched alkanes of at least 4 members (excludes halogenated alkanes) is 1. The SMILES string of the molecule is CCCCC1=Cc2ccccc2S1(OC(=O)C(F)(F)F)C(F)(F)F. The highest BCUT2D eigenvalue weighted by Gasteiger charge is 2.62. The van der Waals surface area contributed by atoms with Crippen molar-refractivity contribution in [3.8, 4) is 0 Å². The second kappa shape index (κ2) is 6.34. The molecule has 1 aromatic carbocycles. The van der Waals surface area contributed by atoms with Crippen molar-refractivity contribution in [2.75, 3.05) is 0 Å². The van der Waals surface area contributed by atoms with Crippen LogP contribution in [0.5, 0.6) is 0 Å². The summed E-state index contributed by atoms with van der Waals surface area (Å²) in [6, 6.07) is 5.19. The average Bonchev–Trinajstić information content (AvgIpc) is 2.79. The molecule has 0 radical (unpaired) electrons. The number of fused-ring (bicyclic) bond motifs is 1. The van der Waals surface area contributed by atoms with Gasteiger partial charge in [0, 0.05) is 9.80 Å². The summed E-state index contributed by atoms with van der Waals surface area (Å²) < 4.78 is 83.5. The van der Waals surface area contributed by atoms with Gasteiger partial charge in [-0.3, -0.25) is 0 Å². The fourth-order valence-electron chi connectivity index (χ4n) is 2.41. The van der Waals surface area contributed by atoms with Gasteiger partial charge in [-0.05, 0) is 30.5 Å². The minimum Gasteiger partial charge on any atom is -0.392 e. The van der Waals surface area contributed by atoms with Gasteiger partial charge in [-0.1, -0.05) is 31.5 Å². The Kier molecular flexibility index (Phi) is 4.94. The van der Waals surface area contributed by atoms with Crippen molar-refractivity contribution in [2.45, 2.75) is 42.8 Å². The van der Waals surface area contributed by atoms with E-state index in [1.807, 2.05) is 0 Å². The first-order chi connectivity index (χ1) is 11.0. The second-order valence-corrected chi connectivity index (χ2v) is 7.83. The van der Waals surface area contributed by atoms with Crippen LogP contribution < -0.4 is 0 Å². The minimum atomic E-state index is -5.50. The zero-order chi connectivity index (χ0) is 18.2. The van der Waals surface area contributed by atoms with E-state index >= 15 is 0 Å². The van der Waals surface area contributed by atoms with E-state index in [1.54, 1.807) is 6.92 Å². The van der Waals surface area contributed by atoms with Gasteiger partial charge in [0.2, 0.25) is 0 Å². The number of allylic oxidation sites excluding steroid dienone is 1. The summed E-state index contributed by atoms with van der Waals surface area (Å²) in [4.78, 5) is 10.5. The van der Waals surface area contributed by atoms with Crippen LogP contribution in [0.15, 0.2) is 34.1 Å². The van der Waals surface area contributed by atoms with Crippen LogP contribution >= 0.6 is 10.3 Å². The van der Waals surface area contributed by atoms with Gasteiger partial charge < -0.3 is 4.18 Å². The van der Waals surface area contributed by atoms with Crippen molar-refractivity contribution in [1.29, 1.82) is 0 Å². The number of hydrogen-bond donors (Lipinski definition) is 0. The molecule has 9 heteroatoms. The van der Waals surface area contributed by atoms with E-state index in [0.29, 0.717) is 12.8 Å². The summed E-state index contributed by atoms with van der Waals surface area (Å²) in [7, 11) is -4.54. The van der Waals surface area contributed by atoms with Crippen LogP contribution in [0.4, 0.5) is 26.3 Å². The summed E-state index contributed by atoms with van der Waals surface area (Å²) in [5.74, 6) is -2.83. The number of alkyl halides is 6. The Labute approximate surface area is 136 Å². The normalized spacial score (nSPS) is 23.2. The highest BCUT2D eigenvalue weighted by atomic mass is 32.3. The van der Waals surface area contributed by atoms with E-state index in [4.69, 9.17) is 0 Å². The molecule has 2 rings (SSSR count). The third kappa shape index (κ3) is 3.13. The molecule has 1 unspecified atom stereocenters. The Morgan fingerprint density at radius 1 is 1.12 bits per heavy atom. The molecule has 0 N–H and O–H groups in total. The van der Waals surface area contributed by atoms with Crippen molar-refractivity contribution in [3.63, 3.8) is 0 Å². The third-order valence-electron chi connectivity index (χ3n) is 3.45. The van der Waals surface area contributed by atoms with Gasteiger partial charge >= 0.3 is 17.7 Å². The number of hydrogen-bond acceptors (Lipinski definition) is 2. The molecule has 0 aromatic heterocycles. The Hall–Kier alpha value is -1.64. The monoisotopic (exact) mass is 372 g/mol. The maximum atomic E-state index is 13.9. The fourth-order valence-corrected chi connectivity index (χ4v) is 5.30. The van der Waals surface area contributed by atoms with E-state index in [-0.39, 0.29) is 16.9 Å². The van der Waals surface area contributed by atoms with Gasteiger partial charge in [0.1, 0.15) is 0 Å². The van der Waals surface area contributed by atoms with Gasteiger partial charge in [0.15, 0.2) is 0 Å². The lowest BCUT2D eigenvalue weighted by molar-refractivity contribution is -0.189. The van der Waals surface area contributed by atoms with Crippen molar-refractivity contribution in [3.05, 3.63) is 34.7 Å². The first kappa shape index (κ1) is 18.7. The number of rotatable bonds is 4. The molecular weight excluding hydrogens is 358 g/mol. The molecule has 2 nitrogen and oxygen atoms in total. The first-order valence-electron chi connectivity index (χ1n) is 7.04. The van der Waals surface area contributed by atoms with Gasteiger partial charge in [-0.25, -0.2) is 4.79 Å². The standard InChI is InChI=1S/C15H14F6O2S/c1-2-3-7-11-9-10-6-4-5-8-12(10)24(11,15(19,20)21)23-13(22)14(16,17)18/h4-6,8-9H,2-3,7H2,1H3. The van der Waals surface area contributed by atoms with Crippen molar-refractivity contribution in [2.24, 2.45) is 0 Å². The second-order valence-electron chi connectivity index (χ2n) is 5.12. The van der Waals surface area contributed by atoms with Crippen molar-refractivity contribution in [1.82, 2.24) is 0 Å². The van der Waals surface area contributed by atoms with Crippen LogP contribution in [0.1, 0.15) is 31.7 Å². The molecule has 0 fully saturated rings. The molecule has 0 amide bonds. The number of carbonyl (C=O) groups is 1. The average molecular weight is 372 g/mol. The lowest BCUT2D eigenvalue weighted by Gasteiger charge is -2.39. The number of halogens is 6. The lowest BCUT2D eigenvalue weighted by Crippen LogP contribution is -2.32. The molecule has 0 aliphatic carbocycles. The van der Waals surface area contributed by atoms with E-state index in [9.17, 15) is 31.1 Å². The predicted octanol–water partition coefficient (Wildman–Crippen LogP) is 5.94. The van der Waals surface area contributed by atoms with Gasteiger partial charge in [-0.2, -0.15) is 26.3 Å². The Bertz CT molecular complexity index is 665. The molecule has 0 spiro atoms. The molecule has 0 saturated heterocycles. The third-order valence-corrected chi connectivity index (χ3v) is 6.55. The van der Waals surface area contributed by atoms with Crippen LogP contribution in [0.2, 0.25) is 0 Å². The zero-order valence-corrected chi connectivity index (χ0v) is 13.3. The molecule has 1 aliphatic rings. The molecule has 1 aliphatic heterocycles.